The molecule has 0 bridgehead atoms. The lowest BCUT2D eigenvalue weighted by Crippen LogP contribution is -2.54. The van der Waals surface area contributed by atoms with Gasteiger partial charge in [0.15, 0.2) is 0 Å². The van der Waals surface area contributed by atoms with E-state index in [0.717, 1.165) is 30.8 Å². The minimum Gasteiger partial charge on any atom is -0.395 e. The number of nitriles is 1. The molecule has 1 aliphatic heterocycles. The van der Waals surface area contributed by atoms with Crippen molar-refractivity contribution in [3.63, 3.8) is 0 Å². The number of hydrogen-bond acceptors (Lipinski definition) is 4. The predicted octanol–water partition coefficient (Wildman–Crippen LogP) is 2.57. The van der Waals surface area contributed by atoms with E-state index >= 15 is 0 Å². The van der Waals surface area contributed by atoms with Gasteiger partial charge in [0.1, 0.15) is 0 Å². The molecule has 124 valence electrons. The summed E-state index contributed by atoms with van der Waals surface area (Å²) in [6, 6.07) is 17.6. The Morgan fingerprint density at radius 1 is 1.29 bits per heavy atom. The SMILES string of the molecule is N#Cc1ccc(Cl)c(C(c2ccccc2)N2CCNC[C@H]2CO)c1. The number of rotatable bonds is 4. The number of aliphatic hydroxyl groups excluding tert-OH is 1. The molecule has 1 fully saturated rings. The van der Waals surface area contributed by atoms with Crippen LogP contribution >= 0.6 is 11.6 Å². The molecule has 1 unspecified atom stereocenters. The Labute approximate surface area is 147 Å². The monoisotopic (exact) mass is 341 g/mol. The summed E-state index contributed by atoms with van der Waals surface area (Å²) in [4.78, 5) is 2.27. The third-order valence-corrected chi connectivity index (χ3v) is 4.82. The second kappa shape index (κ2) is 7.78. The Kier molecular flexibility index (Phi) is 5.49. The Bertz CT molecular complexity index is 729. The van der Waals surface area contributed by atoms with Crippen LogP contribution in [0.3, 0.4) is 0 Å². The summed E-state index contributed by atoms with van der Waals surface area (Å²) in [5.74, 6) is 0. The van der Waals surface area contributed by atoms with Crippen molar-refractivity contribution >= 4 is 11.6 Å². The second-order valence-electron chi connectivity index (χ2n) is 5.94. The number of hydrogen-bond donors (Lipinski definition) is 2. The average molecular weight is 342 g/mol. The lowest BCUT2D eigenvalue weighted by atomic mass is 9.93. The first-order chi connectivity index (χ1) is 11.7. The van der Waals surface area contributed by atoms with E-state index in [1.807, 2.05) is 24.3 Å². The van der Waals surface area contributed by atoms with Crippen molar-refractivity contribution < 1.29 is 5.11 Å². The molecule has 0 radical (unpaired) electrons. The van der Waals surface area contributed by atoms with Crippen LogP contribution in [0.2, 0.25) is 5.02 Å². The van der Waals surface area contributed by atoms with Gasteiger partial charge in [-0.3, -0.25) is 4.90 Å². The van der Waals surface area contributed by atoms with Gasteiger partial charge < -0.3 is 10.4 Å². The van der Waals surface area contributed by atoms with Crippen LogP contribution in [0, 0.1) is 11.3 Å². The molecule has 1 saturated heterocycles. The van der Waals surface area contributed by atoms with Crippen LogP contribution in [-0.4, -0.2) is 42.3 Å². The number of aliphatic hydroxyl groups is 1. The quantitative estimate of drug-likeness (QED) is 0.897. The number of benzene rings is 2. The molecule has 0 amide bonds. The summed E-state index contributed by atoms with van der Waals surface area (Å²) in [6.45, 7) is 2.47. The summed E-state index contributed by atoms with van der Waals surface area (Å²) in [6.07, 6.45) is 0. The molecule has 2 aromatic carbocycles. The van der Waals surface area contributed by atoms with E-state index in [2.05, 4.69) is 28.4 Å². The molecule has 24 heavy (non-hydrogen) atoms. The summed E-state index contributed by atoms with van der Waals surface area (Å²) >= 11 is 6.49. The minimum atomic E-state index is -0.0914. The molecule has 0 saturated carbocycles. The first-order valence-corrected chi connectivity index (χ1v) is 8.44. The van der Waals surface area contributed by atoms with E-state index < -0.39 is 0 Å². The highest BCUT2D eigenvalue weighted by molar-refractivity contribution is 6.31. The van der Waals surface area contributed by atoms with Crippen molar-refractivity contribution in [2.45, 2.75) is 12.1 Å². The molecule has 0 aliphatic carbocycles. The summed E-state index contributed by atoms with van der Waals surface area (Å²) in [7, 11) is 0. The molecule has 2 aromatic rings. The Morgan fingerprint density at radius 2 is 2.08 bits per heavy atom. The Hall–Kier alpha value is -1.90. The van der Waals surface area contributed by atoms with Gasteiger partial charge in [-0.2, -0.15) is 5.26 Å². The highest BCUT2D eigenvalue weighted by atomic mass is 35.5. The van der Waals surface area contributed by atoms with Gasteiger partial charge in [-0.15, -0.1) is 0 Å². The fourth-order valence-electron chi connectivity index (χ4n) is 3.29. The first-order valence-electron chi connectivity index (χ1n) is 8.06. The van der Waals surface area contributed by atoms with E-state index in [0.29, 0.717) is 10.6 Å². The van der Waals surface area contributed by atoms with Crippen LogP contribution in [0.5, 0.6) is 0 Å². The minimum absolute atomic E-state index is 0.00534. The molecule has 3 rings (SSSR count). The van der Waals surface area contributed by atoms with Crippen molar-refractivity contribution in [1.29, 1.82) is 5.26 Å². The molecule has 0 spiro atoms. The fourth-order valence-corrected chi connectivity index (χ4v) is 3.51. The second-order valence-corrected chi connectivity index (χ2v) is 6.35. The van der Waals surface area contributed by atoms with Gasteiger partial charge in [-0.05, 0) is 29.3 Å². The third kappa shape index (κ3) is 3.45. The van der Waals surface area contributed by atoms with Crippen molar-refractivity contribution in [3.05, 3.63) is 70.2 Å². The third-order valence-electron chi connectivity index (χ3n) is 4.47. The number of halogens is 1. The maximum atomic E-state index is 9.81. The van der Waals surface area contributed by atoms with E-state index in [4.69, 9.17) is 11.6 Å². The topological polar surface area (TPSA) is 59.3 Å². The van der Waals surface area contributed by atoms with Crippen LogP contribution in [0.25, 0.3) is 0 Å². The molecular weight excluding hydrogens is 322 g/mol. The summed E-state index contributed by atoms with van der Waals surface area (Å²) in [5, 5.41) is 23.0. The standard InChI is InChI=1S/C19H20ClN3O/c20-18-7-6-14(11-21)10-17(18)19(15-4-2-1-3-5-15)23-9-8-22-12-16(23)13-24/h1-7,10,16,19,22,24H,8-9,12-13H2/t16-,19?/m0/s1. The van der Waals surface area contributed by atoms with Gasteiger partial charge in [0.05, 0.1) is 24.3 Å². The van der Waals surface area contributed by atoms with Crippen LogP contribution in [-0.2, 0) is 0 Å². The van der Waals surface area contributed by atoms with E-state index in [1.54, 1.807) is 12.1 Å². The van der Waals surface area contributed by atoms with Gasteiger partial charge in [0.2, 0.25) is 0 Å². The predicted molar refractivity (Wildman–Crippen MR) is 94.9 cm³/mol. The lowest BCUT2D eigenvalue weighted by Gasteiger charge is -2.41. The van der Waals surface area contributed by atoms with E-state index in [9.17, 15) is 10.4 Å². The largest absolute Gasteiger partial charge is 0.395 e. The van der Waals surface area contributed by atoms with Crippen molar-refractivity contribution in [1.82, 2.24) is 10.2 Å². The molecule has 5 heteroatoms. The van der Waals surface area contributed by atoms with Gasteiger partial charge in [0.25, 0.3) is 0 Å². The van der Waals surface area contributed by atoms with Crippen molar-refractivity contribution in [2.24, 2.45) is 0 Å². The Morgan fingerprint density at radius 3 is 2.79 bits per heavy atom. The van der Waals surface area contributed by atoms with Crippen LogP contribution in [0.4, 0.5) is 0 Å². The van der Waals surface area contributed by atoms with E-state index in [-0.39, 0.29) is 18.7 Å². The Balaban J connectivity index is 2.11. The lowest BCUT2D eigenvalue weighted by molar-refractivity contribution is 0.0760. The van der Waals surface area contributed by atoms with Gasteiger partial charge in [-0.1, -0.05) is 41.9 Å². The average Bonchev–Trinajstić information content (AvgIpc) is 2.65. The van der Waals surface area contributed by atoms with Gasteiger partial charge >= 0.3 is 0 Å². The molecule has 1 aliphatic rings. The molecule has 2 atom stereocenters. The zero-order valence-electron chi connectivity index (χ0n) is 13.3. The smallest absolute Gasteiger partial charge is 0.0991 e. The van der Waals surface area contributed by atoms with Crippen LogP contribution < -0.4 is 5.32 Å². The number of piperazine rings is 1. The normalized spacial score (nSPS) is 19.6. The van der Waals surface area contributed by atoms with Crippen molar-refractivity contribution in [3.8, 4) is 6.07 Å². The highest BCUT2D eigenvalue weighted by Gasteiger charge is 2.31. The molecule has 1 heterocycles. The van der Waals surface area contributed by atoms with Crippen LogP contribution in [0.15, 0.2) is 48.5 Å². The molecular formula is C19H20ClN3O. The zero-order chi connectivity index (χ0) is 16.9. The van der Waals surface area contributed by atoms with E-state index in [1.165, 1.54) is 0 Å². The maximum absolute atomic E-state index is 9.81. The summed E-state index contributed by atoms with van der Waals surface area (Å²) < 4.78 is 0. The summed E-state index contributed by atoms with van der Waals surface area (Å²) in [5.41, 5.74) is 2.60. The zero-order valence-corrected chi connectivity index (χ0v) is 14.1. The van der Waals surface area contributed by atoms with Gasteiger partial charge in [0, 0.05) is 30.7 Å². The highest BCUT2D eigenvalue weighted by Crippen LogP contribution is 2.35. The number of nitrogens with one attached hydrogen (secondary N) is 1. The molecule has 0 aromatic heterocycles. The first kappa shape index (κ1) is 16.9. The fraction of sp³-hybridized carbons (Fsp3) is 0.316. The molecule has 2 N–H and O–H groups in total. The van der Waals surface area contributed by atoms with Crippen LogP contribution in [0.1, 0.15) is 22.7 Å². The molecule has 4 nitrogen and oxygen atoms in total. The van der Waals surface area contributed by atoms with Gasteiger partial charge in [-0.25, -0.2) is 0 Å². The maximum Gasteiger partial charge on any atom is 0.0991 e. The number of nitrogens with zero attached hydrogens (tertiary/aromatic N) is 2. The van der Waals surface area contributed by atoms with Crippen molar-refractivity contribution in [2.75, 3.05) is 26.2 Å².